The Morgan fingerprint density at radius 3 is 2.88 bits per heavy atom. The van der Waals surface area contributed by atoms with Crippen LogP contribution in [0.15, 0.2) is 0 Å². The lowest BCUT2D eigenvalue weighted by molar-refractivity contribution is -0.126. The van der Waals surface area contributed by atoms with Gasteiger partial charge in [-0.05, 0) is 44.4 Å². The molecule has 0 spiro atoms. The molecule has 0 aromatic heterocycles. The minimum atomic E-state index is 0.350. The third-order valence-corrected chi connectivity index (χ3v) is 4.31. The molecule has 0 N–H and O–H groups in total. The Morgan fingerprint density at radius 1 is 1.31 bits per heavy atom. The second-order valence-electron chi connectivity index (χ2n) is 5.42. The fourth-order valence-corrected chi connectivity index (χ4v) is 3.11. The summed E-state index contributed by atoms with van der Waals surface area (Å²) in [5.74, 6) is 1.66. The molecule has 1 heterocycles. The number of ether oxygens (including phenoxy) is 1. The van der Waals surface area contributed by atoms with Crippen molar-refractivity contribution in [3.8, 4) is 0 Å². The van der Waals surface area contributed by atoms with Crippen LogP contribution in [0.5, 0.6) is 0 Å². The van der Waals surface area contributed by atoms with E-state index in [4.69, 9.17) is 4.74 Å². The molecule has 3 atom stereocenters. The number of carbonyl (C=O) groups is 1. The van der Waals surface area contributed by atoms with Crippen LogP contribution in [0.4, 0.5) is 0 Å². The number of hydrogen-bond donors (Lipinski definition) is 0. The van der Waals surface area contributed by atoms with Gasteiger partial charge in [0.05, 0.1) is 6.10 Å². The minimum Gasteiger partial charge on any atom is -0.378 e. The topological polar surface area (TPSA) is 26.3 Å². The van der Waals surface area contributed by atoms with Gasteiger partial charge < -0.3 is 4.74 Å². The molecule has 0 aromatic carbocycles. The molecule has 2 nitrogen and oxygen atoms in total. The monoisotopic (exact) mass is 224 g/mol. The molecule has 0 radical (unpaired) electrons. The third kappa shape index (κ3) is 3.07. The molecule has 92 valence electrons. The molecule has 0 amide bonds. The van der Waals surface area contributed by atoms with Gasteiger partial charge >= 0.3 is 0 Å². The van der Waals surface area contributed by atoms with Gasteiger partial charge in [-0.15, -0.1) is 0 Å². The first-order valence-corrected chi connectivity index (χ1v) is 6.94. The first-order valence-electron chi connectivity index (χ1n) is 6.94. The number of carbonyl (C=O) groups excluding carboxylic acids is 1. The Hall–Kier alpha value is -0.370. The quantitative estimate of drug-likeness (QED) is 0.732. The van der Waals surface area contributed by atoms with Gasteiger partial charge in [0.1, 0.15) is 5.78 Å². The normalized spacial score (nSPS) is 35.6. The highest BCUT2D eigenvalue weighted by Crippen LogP contribution is 2.32. The van der Waals surface area contributed by atoms with E-state index in [0.29, 0.717) is 17.8 Å². The van der Waals surface area contributed by atoms with Crippen LogP contribution in [0.3, 0.4) is 0 Å². The average Bonchev–Trinajstić information content (AvgIpc) is 2.81. The Balaban J connectivity index is 1.75. The molecular weight excluding hydrogens is 200 g/mol. The fourth-order valence-electron chi connectivity index (χ4n) is 3.11. The molecule has 1 saturated heterocycles. The van der Waals surface area contributed by atoms with Crippen LogP contribution < -0.4 is 0 Å². The maximum Gasteiger partial charge on any atom is 0.135 e. The van der Waals surface area contributed by atoms with E-state index < -0.39 is 0 Å². The standard InChI is InChI=1S/C14H24O2/c1-2-11-5-8-14(15)12(10-11)6-7-13-4-3-9-16-13/h11-13H,2-10H2,1H3. The minimum absolute atomic E-state index is 0.350. The van der Waals surface area contributed by atoms with Gasteiger partial charge in [-0.1, -0.05) is 13.3 Å². The van der Waals surface area contributed by atoms with E-state index in [0.717, 1.165) is 44.6 Å². The van der Waals surface area contributed by atoms with Crippen LogP contribution in [-0.4, -0.2) is 18.5 Å². The molecule has 16 heavy (non-hydrogen) atoms. The van der Waals surface area contributed by atoms with Crippen LogP contribution in [0.1, 0.15) is 58.3 Å². The van der Waals surface area contributed by atoms with Crippen molar-refractivity contribution in [2.45, 2.75) is 64.4 Å². The average molecular weight is 224 g/mol. The van der Waals surface area contributed by atoms with Gasteiger partial charge in [0, 0.05) is 18.9 Å². The second-order valence-corrected chi connectivity index (χ2v) is 5.42. The summed E-state index contributed by atoms with van der Waals surface area (Å²) in [5, 5.41) is 0. The first kappa shape index (κ1) is 12.1. The SMILES string of the molecule is CCC1CCC(=O)C(CCC2CCCO2)C1. The molecule has 2 aliphatic rings. The van der Waals surface area contributed by atoms with E-state index >= 15 is 0 Å². The van der Waals surface area contributed by atoms with Crippen molar-refractivity contribution >= 4 is 5.78 Å². The maximum atomic E-state index is 11.8. The highest BCUT2D eigenvalue weighted by atomic mass is 16.5. The van der Waals surface area contributed by atoms with Gasteiger partial charge in [0.25, 0.3) is 0 Å². The van der Waals surface area contributed by atoms with Gasteiger partial charge in [0.2, 0.25) is 0 Å². The first-order chi connectivity index (χ1) is 7.79. The molecule has 1 aliphatic carbocycles. The lowest BCUT2D eigenvalue weighted by atomic mass is 9.77. The third-order valence-electron chi connectivity index (χ3n) is 4.31. The van der Waals surface area contributed by atoms with Crippen molar-refractivity contribution in [2.75, 3.05) is 6.61 Å². The summed E-state index contributed by atoms with van der Waals surface area (Å²) in [5.41, 5.74) is 0. The molecule has 2 heteroatoms. The maximum absolute atomic E-state index is 11.8. The Labute approximate surface area is 98.7 Å². The van der Waals surface area contributed by atoms with Crippen molar-refractivity contribution in [3.63, 3.8) is 0 Å². The van der Waals surface area contributed by atoms with Crippen molar-refractivity contribution in [1.29, 1.82) is 0 Å². The van der Waals surface area contributed by atoms with Crippen molar-refractivity contribution in [3.05, 3.63) is 0 Å². The lowest BCUT2D eigenvalue weighted by Crippen LogP contribution is -2.25. The van der Waals surface area contributed by atoms with Crippen molar-refractivity contribution < 1.29 is 9.53 Å². The molecule has 2 fully saturated rings. The molecule has 0 bridgehead atoms. The van der Waals surface area contributed by atoms with E-state index in [2.05, 4.69) is 6.92 Å². The lowest BCUT2D eigenvalue weighted by Gasteiger charge is -2.27. The number of ketones is 1. The summed E-state index contributed by atoms with van der Waals surface area (Å²) in [4.78, 5) is 11.8. The summed E-state index contributed by atoms with van der Waals surface area (Å²) in [6.07, 6.45) is 9.38. The Bertz CT molecular complexity index is 231. The number of hydrogen-bond acceptors (Lipinski definition) is 2. The highest BCUT2D eigenvalue weighted by molar-refractivity contribution is 5.81. The van der Waals surface area contributed by atoms with Crippen molar-refractivity contribution in [2.24, 2.45) is 11.8 Å². The van der Waals surface area contributed by atoms with Gasteiger partial charge in [-0.25, -0.2) is 0 Å². The van der Waals surface area contributed by atoms with E-state index in [1.165, 1.54) is 19.3 Å². The second kappa shape index (κ2) is 5.81. The van der Waals surface area contributed by atoms with E-state index in [9.17, 15) is 4.79 Å². The van der Waals surface area contributed by atoms with E-state index in [1.54, 1.807) is 0 Å². The van der Waals surface area contributed by atoms with E-state index in [1.807, 2.05) is 0 Å². The highest BCUT2D eigenvalue weighted by Gasteiger charge is 2.28. The molecule has 1 saturated carbocycles. The van der Waals surface area contributed by atoms with Crippen molar-refractivity contribution in [1.82, 2.24) is 0 Å². The van der Waals surface area contributed by atoms with Crippen LogP contribution in [-0.2, 0) is 9.53 Å². The molecular formula is C14H24O2. The Kier molecular flexibility index (Phi) is 4.39. The van der Waals surface area contributed by atoms with Gasteiger partial charge in [-0.2, -0.15) is 0 Å². The summed E-state index contributed by atoms with van der Waals surface area (Å²) in [7, 11) is 0. The Morgan fingerprint density at radius 2 is 2.19 bits per heavy atom. The van der Waals surface area contributed by atoms with E-state index in [-0.39, 0.29) is 0 Å². The summed E-state index contributed by atoms with van der Waals surface area (Å²) in [6.45, 7) is 3.18. The predicted molar refractivity (Wildman–Crippen MR) is 64.3 cm³/mol. The van der Waals surface area contributed by atoms with Crippen LogP contribution in [0.2, 0.25) is 0 Å². The van der Waals surface area contributed by atoms with Crippen LogP contribution in [0, 0.1) is 11.8 Å². The number of rotatable bonds is 4. The zero-order valence-electron chi connectivity index (χ0n) is 10.4. The van der Waals surface area contributed by atoms with Gasteiger partial charge in [-0.3, -0.25) is 4.79 Å². The summed E-state index contributed by atoms with van der Waals surface area (Å²) >= 11 is 0. The molecule has 0 aromatic rings. The fraction of sp³-hybridized carbons (Fsp3) is 0.929. The summed E-state index contributed by atoms with van der Waals surface area (Å²) in [6, 6.07) is 0. The predicted octanol–water partition coefficient (Wildman–Crippen LogP) is 3.34. The molecule has 2 rings (SSSR count). The van der Waals surface area contributed by atoms with Gasteiger partial charge in [0.15, 0.2) is 0 Å². The zero-order valence-corrected chi connectivity index (χ0v) is 10.4. The number of Topliss-reactive ketones (excluding diaryl/α,β-unsaturated/α-hetero) is 1. The van der Waals surface area contributed by atoms with Crippen LogP contribution in [0.25, 0.3) is 0 Å². The molecule has 3 unspecified atom stereocenters. The smallest absolute Gasteiger partial charge is 0.135 e. The summed E-state index contributed by atoms with van der Waals surface area (Å²) < 4.78 is 5.62. The zero-order chi connectivity index (χ0) is 11.4. The molecule has 1 aliphatic heterocycles. The largest absolute Gasteiger partial charge is 0.378 e. The van der Waals surface area contributed by atoms with Crippen LogP contribution >= 0.6 is 0 Å².